The van der Waals surface area contributed by atoms with Crippen LogP contribution in [0, 0.1) is 0 Å². The Kier molecular flexibility index (Phi) is 6.41. The molecule has 4 nitrogen and oxygen atoms in total. The molecule has 0 radical (unpaired) electrons. The third-order valence-electron chi connectivity index (χ3n) is 12.1. The topological polar surface area (TPSA) is 36.1 Å². The van der Waals surface area contributed by atoms with E-state index in [1.54, 1.807) is 0 Å². The Morgan fingerprint density at radius 1 is 0.293 bits per heavy atom. The first-order valence-electron chi connectivity index (χ1n) is 19.8. The second-order valence-corrected chi connectivity index (χ2v) is 15.2. The lowest BCUT2D eigenvalue weighted by Gasteiger charge is -2.14. The second kappa shape index (κ2) is 11.8. The van der Waals surface area contributed by atoms with Gasteiger partial charge in [0.1, 0.15) is 16.7 Å². The molecule has 4 aromatic heterocycles. The highest BCUT2D eigenvalue weighted by molar-refractivity contribution is 6.17. The summed E-state index contributed by atoms with van der Waals surface area (Å²) in [6, 6.07) is 69.6. The van der Waals surface area contributed by atoms with E-state index in [9.17, 15) is 0 Å². The van der Waals surface area contributed by atoms with Crippen LogP contribution in [0.4, 0.5) is 0 Å². The van der Waals surface area contributed by atoms with Gasteiger partial charge in [-0.1, -0.05) is 127 Å². The van der Waals surface area contributed by atoms with Gasteiger partial charge in [-0.05, 0) is 83.4 Å². The molecule has 58 heavy (non-hydrogen) atoms. The minimum atomic E-state index is 0.885. The van der Waals surface area contributed by atoms with Crippen molar-refractivity contribution >= 4 is 87.5 Å². The minimum absolute atomic E-state index is 0.885. The van der Waals surface area contributed by atoms with Crippen molar-refractivity contribution in [3.05, 3.63) is 194 Å². The van der Waals surface area contributed by atoms with Crippen LogP contribution in [-0.2, 0) is 0 Å². The maximum absolute atomic E-state index is 6.72. The predicted octanol–water partition coefficient (Wildman–Crippen LogP) is 15.0. The van der Waals surface area contributed by atoms with Crippen LogP contribution in [0.3, 0.4) is 0 Å². The first kappa shape index (κ1) is 31.4. The van der Waals surface area contributed by atoms with Gasteiger partial charge in [-0.15, -0.1) is 0 Å². The van der Waals surface area contributed by atoms with Gasteiger partial charge in [-0.3, -0.25) is 0 Å². The lowest BCUT2D eigenvalue weighted by atomic mass is 9.91. The average molecular weight is 741 g/mol. The van der Waals surface area contributed by atoms with Crippen LogP contribution in [0.25, 0.3) is 121 Å². The number of furan rings is 2. The molecule has 0 spiro atoms. The van der Waals surface area contributed by atoms with E-state index in [0.717, 1.165) is 94.1 Å². The Labute approximate surface area is 332 Å². The van der Waals surface area contributed by atoms with Crippen LogP contribution >= 0.6 is 0 Å². The number of nitrogens with zero attached hydrogens (tertiary/aromatic N) is 2. The smallest absolute Gasteiger partial charge is 0.159 e. The molecule has 9 aromatic carbocycles. The molecular weight excluding hydrogens is 709 g/mol. The van der Waals surface area contributed by atoms with Gasteiger partial charge < -0.3 is 18.0 Å². The molecule has 270 valence electrons. The summed E-state index contributed by atoms with van der Waals surface area (Å²) in [4.78, 5) is 0. The summed E-state index contributed by atoms with van der Waals surface area (Å²) >= 11 is 0. The third kappa shape index (κ3) is 4.34. The molecule has 0 saturated carbocycles. The quantitative estimate of drug-likeness (QED) is 0.180. The largest absolute Gasteiger partial charge is 0.455 e. The van der Waals surface area contributed by atoms with Crippen LogP contribution in [0.1, 0.15) is 0 Å². The Hall–Kier alpha value is -7.82. The van der Waals surface area contributed by atoms with E-state index in [2.05, 4.69) is 191 Å². The molecule has 0 fully saturated rings. The SMILES string of the molecule is c1ccc(-n2c3ccccc3c3cc(-c4cccc5c4oc4ccccc45)c(-c4ccc5c(c4)c4ccccc4n5-c4cccc5c4oc4ccccc45)cc32)cc1. The van der Waals surface area contributed by atoms with Gasteiger partial charge in [0.05, 0.1) is 27.8 Å². The predicted molar refractivity (Wildman–Crippen MR) is 241 cm³/mol. The molecule has 0 unspecified atom stereocenters. The zero-order valence-electron chi connectivity index (χ0n) is 31.2. The molecule has 4 heterocycles. The molecule has 4 heteroatoms. The number of hydrogen-bond donors (Lipinski definition) is 0. The third-order valence-corrected chi connectivity index (χ3v) is 12.1. The summed E-state index contributed by atoms with van der Waals surface area (Å²) in [5, 5.41) is 9.25. The van der Waals surface area contributed by atoms with Gasteiger partial charge in [0.15, 0.2) is 5.58 Å². The van der Waals surface area contributed by atoms with Crippen molar-refractivity contribution in [1.82, 2.24) is 9.13 Å². The van der Waals surface area contributed by atoms with E-state index in [4.69, 9.17) is 8.83 Å². The number of benzene rings is 9. The van der Waals surface area contributed by atoms with Gasteiger partial charge in [-0.25, -0.2) is 0 Å². The summed E-state index contributed by atoms with van der Waals surface area (Å²) in [6.07, 6.45) is 0. The molecule has 0 N–H and O–H groups in total. The van der Waals surface area contributed by atoms with Crippen LogP contribution < -0.4 is 0 Å². The number of para-hydroxylation sites is 7. The lowest BCUT2D eigenvalue weighted by molar-refractivity contribution is 0.666. The van der Waals surface area contributed by atoms with E-state index in [1.807, 2.05) is 12.1 Å². The highest BCUT2D eigenvalue weighted by atomic mass is 16.3. The van der Waals surface area contributed by atoms with E-state index in [1.165, 1.54) is 27.1 Å². The van der Waals surface area contributed by atoms with E-state index >= 15 is 0 Å². The fourth-order valence-electron chi connectivity index (χ4n) is 9.60. The van der Waals surface area contributed by atoms with Crippen molar-refractivity contribution in [2.24, 2.45) is 0 Å². The highest BCUT2D eigenvalue weighted by Gasteiger charge is 2.22. The zero-order chi connectivity index (χ0) is 37.9. The minimum Gasteiger partial charge on any atom is -0.455 e. The summed E-state index contributed by atoms with van der Waals surface area (Å²) in [6.45, 7) is 0. The molecule has 0 atom stereocenters. The average Bonchev–Trinajstić information content (AvgIpc) is 4.04. The van der Waals surface area contributed by atoms with Gasteiger partial charge in [0.2, 0.25) is 0 Å². The maximum Gasteiger partial charge on any atom is 0.159 e. The standard InChI is InChI=1S/C54H32N2O2/c1-2-14-34(15-3-1)55-46-23-8-4-17-36(46)45-31-43(41-21-12-20-39-37-18-6-10-26-51(37)57-53(39)41)42(32-50(45)55)33-28-29-48-44(30-33)35-16-5-9-24-47(35)56(48)49-25-13-22-40-38-19-7-11-27-52(38)58-54(40)49/h1-32H. The maximum atomic E-state index is 6.72. The number of hydrogen-bond acceptors (Lipinski definition) is 2. The number of aromatic nitrogens is 2. The first-order valence-corrected chi connectivity index (χ1v) is 19.8. The second-order valence-electron chi connectivity index (χ2n) is 15.2. The van der Waals surface area contributed by atoms with Crippen LogP contribution in [0.2, 0.25) is 0 Å². The summed E-state index contributed by atoms with van der Waals surface area (Å²) < 4.78 is 18.1. The van der Waals surface area contributed by atoms with Gasteiger partial charge in [-0.2, -0.15) is 0 Å². The zero-order valence-corrected chi connectivity index (χ0v) is 31.2. The molecule has 0 bridgehead atoms. The van der Waals surface area contributed by atoms with Crippen molar-refractivity contribution < 1.29 is 8.83 Å². The van der Waals surface area contributed by atoms with Crippen molar-refractivity contribution in [1.29, 1.82) is 0 Å². The van der Waals surface area contributed by atoms with Crippen LogP contribution in [0.5, 0.6) is 0 Å². The fraction of sp³-hybridized carbons (Fsp3) is 0. The summed E-state index contributed by atoms with van der Waals surface area (Å²) in [5.41, 5.74) is 14.8. The lowest BCUT2D eigenvalue weighted by Crippen LogP contribution is -1.95. The Bertz CT molecular complexity index is 3800. The van der Waals surface area contributed by atoms with Gasteiger partial charge in [0, 0.05) is 54.3 Å². The molecule has 0 aliphatic carbocycles. The Morgan fingerprint density at radius 3 is 1.59 bits per heavy atom. The molecule has 0 saturated heterocycles. The number of fused-ring (bicyclic) bond motifs is 12. The van der Waals surface area contributed by atoms with Gasteiger partial charge in [0.25, 0.3) is 0 Å². The summed E-state index contributed by atoms with van der Waals surface area (Å²) in [5.74, 6) is 0. The van der Waals surface area contributed by atoms with E-state index in [-0.39, 0.29) is 0 Å². The van der Waals surface area contributed by atoms with Crippen molar-refractivity contribution in [2.45, 2.75) is 0 Å². The Balaban J connectivity index is 1.13. The molecule has 13 aromatic rings. The molecule has 13 rings (SSSR count). The van der Waals surface area contributed by atoms with Crippen LogP contribution in [0.15, 0.2) is 203 Å². The molecular formula is C54H32N2O2. The fourth-order valence-corrected chi connectivity index (χ4v) is 9.60. The normalized spacial score (nSPS) is 12.1. The van der Waals surface area contributed by atoms with Gasteiger partial charge >= 0.3 is 0 Å². The molecule has 0 aliphatic heterocycles. The summed E-state index contributed by atoms with van der Waals surface area (Å²) in [7, 11) is 0. The van der Waals surface area contributed by atoms with E-state index in [0.29, 0.717) is 0 Å². The Morgan fingerprint density at radius 2 is 0.845 bits per heavy atom. The monoisotopic (exact) mass is 740 g/mol. The van der Waals surface area contributed by atoms with E-state index < -0.39 is 0 Å². The number of rotatable bonds is 4. The first-order chi connectivity index (χ1) is 28.8. The van der Waals surface area contributed by atoms with Crippen molar-refractivity contribution in [3.8, 4) is 33.6 Å². The molecule has 0 amide bonds. The van der Waals surface area contributed by atoms with Crippen LogP contribution in [-0.4, -0.2) is 9.13 Å². The van der Waals surface area contributed by atoms with Crippen molar-refractivity contribution in [3.63, 3.8) is 0 Å². The molecule has 0 aliphatic rings. The van der Waals surface area contributed by atoms with Crippen molar-refractivity contribution in [2.75, 3.05) is 0 Å². The highest BCUT2D eigenvalue weighted by Crippen LogP contribution is 2.46.